The predicted molar refractivity (Wildman–Crippen MR) is 107 cm³/mol. The lowest BCUT2D eigenvalue weighted by Gasteiger charge is -2.18. The van der Waals surface area contributed by atoms with Crippen molar-refractivity contribution < 1.29 is 9.59 Å². The summed E-state index contributed by atoms with van der Waals surface area (Å²) >= 11 is 5.09. The van der Waals surface area contributed by atoms with Crippen LogP contribution in [0.4, 0.5) is 0 Å². The average Bonchev–Trinajstić information content (AvgIpc) is 2.64. The summed E-state index contributed by atoms with van der Waals surface area (Å²) in [5.41, 5.74) is 7.48. The van der Waals surface area contributed by atoms with E-state index in [0.29, 0.717) is 22.6 Å². The number of halogens is 1. The van der Waals surface area contributed by atoms with E-state index >= 15 is 0 Å². The summed E-state index contributed by atoms with van der Waals surface area (Å²) in [6.07, 6.45) is 0. The Hall–Kier alpha value is -2.30. The summed E-state index contributed by atoms with van der Waals surface area (Å²) in [7, 11) is 0. The van der Waals surface area contributed by atoms with E-state index in [-0.39, 0.29) is 12.5 Å². The number of nitrogens with zero attached hydrogens (tertiary/aromatic N) is 1. The lowest BCUT2D eigenvalue weighted by Crippen LogP contribution is -2.32. The van der Waals surface area contributed by atoms with E-state index in [1.807, 2.05) is 30.3 Å². The van der Waals surface area contributed by atoms with Gasteiger partial charge in [-0.25, -0.2) is 0 Å². The molecule has 7 heteroatoms. The Morgan fingerprint density at radius 2 is 1.88 bits per heavy atom. The van der Waals surface area contributed by atoms with Crippen LogP contribution in [0.1, 0.15) is 27.4 Å². The van der Waals surface area contributed by atoms with Crippen molar-refractivity contribution in [3.05, 3.63) is 69.7 Å². The molecule has 0 radical (unpaired) electrons. The van der Waals surface area contributed by atoms with Crippen LogP contribution in [0.3, 0.4) is 0 Å². The Bertz CT molecular complexity index is 836. The zero-order chi connectivity index (χ0) is 18.9. The topological polar surface area (TPSA) is 96.0 Å². The third-order valence-electron chi connectivity index (χ3n) is 3.76. The van der Waals surface area contributed by atoms with Gasteiger partial charge in [0.25, 0.3) is 0 Å². The summed E-state index contributed by atoms with van der Waals surface area (Å²) in [6.45, 7) is -0.0804. The molecule has 0 saturated carbocycles. The van der Waals surface area contributed by atoms with Gasteiger partial charge < -0.3 is 11.1 Å². The van der Waals surface area contributed by atoms with Gasteiger partial charge in [0.2, 0.25) is 11.8 Å². The minimum Gasteiger partial charge on any atom is -0.366 e. The summed E-state index contributed by atoms with van der Waals surface area (Å²) in [4.78, 5) is 24.3. The molecule has 1 atom stereocenters. The second-order valence-electron chi connectivity index (χ2n) is 5.49. The Labute approximate surface area is 165 Å². The van der Waals surface area contributed by atoms with Crippen LogP contribution < -0.4 is 11.1 Å². The maximum absolute atomic E-state index is 12.5. The first kappa shape index (κ1) is 20.0. The first-order chi connectivity index (χ1) is 12.5. The largest absolute Gasteiger partial charge is 0.366 e. The molecule has 2 aromatic carbocycles. The molecule has 2 amide bonds. The lowest BCUT2D eigenvalue weighted by atomic mass is 9.94. The van der Waals surface area contributed by atoms with Gasteiger partial charge >= 0.3 is 0 Å². The Morgan fingerprint density at radius 1 is 1.19 bits per heavy atom. The van der Waals surface area contributed by atoms with E-state index in [9.17, 15) is 9.59 Å². The molecule has 3 N–H and O–H groups in total. The van der Waals surface area contributed by atoms with Gasteiger partial charge in [-0.05, 0) is 23.3 Å². The van der Waals surface area contributed by atoms with Crippen molar-refractivity contribution in [3.8, 4) is 6.07 Å². The third-order valence-corrected chi connectivity index (χ3v) is 5.62. The van der Waals surface area contributed by atoms with Gasteiger partial charge in [0.15, 0.2) is 0 Å². The van der Waals surface area contributed by atoms with Crippen LogP contribution in [0.5, 0.6) is 0 Å². The number of hydrogen-bond acceptors (Lipinski definition) is 4. The lowest BCUT2D eigenvalue weighted by molar-refractivity contribution is -0.121. The van der Waals surface area contributed by atoms with E-state index < -0.39 is 11.8 Å². The van der Waals surface area contributed by atoms with Crippen molar-refractivity contribution in [1.29, 1.82) is 5.26 Å². The molecule has 1 unspecified atom stereocenters. The smallest absolute Gasteiger partial charge is 0.249 e. The number of carbonyl (C=O) groups excluding carboxylic acids is 2. The number of hydrogen-bond donors (Lipinski definition) is 2. The average molecular weight is 432 g/mol. The van der Waals surface area contributed by atoms with E-state index in [1.54, 1.807) is 36.0 Å². The SMILES string of the molecule is N#CCNC(=O)C(CSCc1ccccc1Br)c1ccccc1C(N)=O. The molecular weight excluding hydrogens is 414 g/mol. The normalized spacial score (nSPS) is 11.4. The van der Waals surface area contributed by atoms with Crippen LogP contribution in [0.25, 0.3) is 0 Å². The standard InChI is InChI=1S/C19H18BrN3O2S/c20-17-8-4-1-5-13(17)11-26-12-16(19(25)23-10-9-21)14-6-2-3-7-15(14)18(22)24/h1-8,16H,10-12H2,(H2,22,24)(H,23,25). The molecule has 2 aromatic rings. The Kier molecular flexibility index (Phi) is 7.70. The summed E-state index contributed by atoms with van der Waals surface area (Å²) in [5, 5.41) is 11.3. The molecule has 5 nitrogen and oxygen atoms in total. The van der Waals surface area contributed by atoms with Gasteiger partial charge in [-0.3, -0.25) is 9.59 Å². The summed E-state index contributed by atoms with van der Waals surface area (Å²) < 4.78 is 1.01. The van der Waals surface area contributed by atoms with Crippen LogP contribution in [-0.2, 0) is 10.5 Å². The number of rotatable bonds is 8. The van der Waals surface area contributed by atoms with Crippen molar-refractivity contribution in [2.45, 2.75) is 11.7 Å². The molecule has 26 heavy (non-hydrogen) atoms. The molecule has 0 aromatic heterocycles. The number of nitrogens with two attached hydrogens (primary N) is 1. The number of nitrogens with one attached hydrogen (secondary N) is 1. The summed E-state index contributed by atoms with van der Waals surface area (Å²) in [5.74, 6) is -0.264. The molecule has 0 bridgehead atoms. The Balaban J connectivity index is 2.19. The fourth-order valence-electron chi connectivity index (χ4n) is 2.48. The quantitative estimate of drug-likeness (QED) is 0.627. The highest BCUT2D eigenvalue weighted by atomic mass is 79.9. The van der Waals surface area contributed by atoms with Gasteiger partial charge in [0.05, 0.1) is 12.0 Å². The van der Waals surface area contributed by atoms with Crippen LogP contribution in [0, 0.1) is 11.3 Å². The molecule has 0 aliphatic carbocycles. The summed E-state index contributed by atoms with van der Waals surface area (Å²) in [6, 6.07) is 16.6. The van der Waals surface area contributed by atoms with Gasteiger partial charge in [0.1, 0.15) is 6.54 Å². The van der Waals surface area contributed by atoms with E-state index in [1.165, 1.54) is 0 Å². The van der Waals surface area contributed by atoms with Crippen LogP contribution in [0.2, 0.25) is 0 Å². The third kappa shape index (κ3) is 5.35. The molecule has 2 rings (SSSR count). The van der Waals surface area contributed by atoms with Gasteiger partial charge in [-0.2, -0.15) is 17.0 Å². The highest BCUT2D eigenvalue weighted by Crippen LogP contribution is 2.28. The van der Waals surface area contributed by atoms with Crippen LogP contribution in [0.15, 0.2) is 53.0 Å². The van der Waals surface area contributed by atoms with Gasteiger partial charge in [-0.1, -0.05) is 52.3 Å². The molecular formula is C19H18BrN3O2S. The molecule has 0 fully saturated rings. The minimum atomic E-state index is -0.575. The van der Waals surface area contributed by atoms with Crippen LogP contribution >= 0.6 is 27.7 Å². The maximum atomic E-state index is 12.5. The molecule has 0 aliphatic heterocycles. The fraction of sp³-hybridized carbons (Fsp3) is 0.211. The number of primary amides is 1. The van der Waals surface area contributed by atoms with Gasteiger partial charge in [0, 0.05) is 21.5 Å². The van der Waals surface area contributed by atoms with Crippen molar-refractivity contribution in [2.24, 2.45) is 5.73 Å². The van der Waals surface area contributed by atoms with E-state index in [0.717, 1.165) is 10.0 Å². The maximum Gasteiger partial charge on any atom is 0.249 e. The highest BCUT2D eigenvalue weighted by molar-refractivity contribution is 9.10. The first-order valence-corrected chi connectivity index (χ1v) is 9.84. The molecule has 134 valence electrons. The number of nitriles is 1. The van der Waals surface area contributed by atoms with Crippen molar-refractivity contribution in [1.82, 2.24) is 5.32 Å². The zero-order valence-electron chi connectivity index (χ0n) is 13.9. The molecule has 0 heterocycles. The highest BCUT2D eigenvalue weighted by Gasteiger charge is 2.24. The van der Waals surface area contributed by atoms with Crippen molar-refractivity contribution in [3.63, 3.8) is 0 Å². The molecule has 0 saturated heterocycles. The number of amides is 2. The second-order valence-corrected chi connectivity index (χ2v) is 7.37. The number of benzene rings is 2. The van der Waals surface area contributed by atoms with Gasteiger partial charge in [-0.15, -0.1) is 0 Å². The van der Waals surface area contributed by atoms with E-state index in [4.69, 9.17) is 11.0 Å². The second kappa shape index (κ2) is 10.00. The van der Waals surface area contributed by atoms with Crippen LogP contribution in [-0.4, -0.2) is 24.1 Å². The first-order valence-electron chi connectivity index (χ1n) is 7.89. The minimum absolute atomic E-state index is 0.0804. The molecule has 0 aliphatic rings. The number of thioether (sulfide) groups is 1. The zero-order valence-corrected chi connectivity index (χ0v) is 16.3. The predicted octanol–water partition coefficient (Wildman–Crippen LogP) is 3.20. The molecule has 0 spiro atoms. The number of carbonyl (C=O) groups is 2. The Morgan fingerprint density at radius 3 is 2.58 bits per heavy atom. The van der Waals surface area contributed by atoms with Crippen molar-refractivity contribution >= 4 is 39.5 Å². The van der Waals surface area contributed by atoms with E-state index in [2.05, 4.69) is 21.2 Å². The van der Waals surface area contributed by atoms with Crippen molar-refractivity contribution in [2.75, 3.05) is 12.3 Å². The fourth-order valence-corrected chi connectivity index (χ4v) is 4.25. The monoisotopic (exact) mass is 431 g/mol.